The molecule has 1 heterocycles. The number of ether oxygens (including phenoxy) is 1. The molecule has 0 atom stereocenters. The minimum atomic E-state index is -0.0303. The van der Waals surface area contributed by atoms with Gasteiger partial charge in [-0.25, -0.2) is 0 Å². The molecule has 1 N–H and O–H groups in total. The van der Waals surface area contributed by atoms with Crippen LogP contribution in [0.4, 0.5) is 0 Å². The van der Waals surface area contributed by atoms with Gasteiger partial charge in [-0.1, -0.05) is 23.9 Å². The Balaban J connectivity index is 1.36. The second-order valence-corrected chi connectivity index (χ2v) is 11.8. The Bertz CT molecular complexity index is 1270. The van der Waals surface area contributed by atoms with Crippen LogP contribution in [0.2, 0.25) is 0 Å². The lowest BCUT2D eigenvalue weighted by molar-refractivity contribution is -0.888. The summed E-state index contributed by atoms with van der Waals surface area (Å²) >= 11 is 1.48. The van der Waals surface area contributed by atoms with Gasteiger partial charge in [0.25, 0.3) is 5.91 Å². The highest BCUT2D eigenvalue weighted by Crippen LogP contribution is 2.36. The van der Waals surface area contributed by atoms with E-state index in [1.54, 1.807) is 18.2 Å². The maximum atomic E-state index is 13.4. The molecule has 0 aromatic heterocycles. The molecule has 3 aromatic rings. The predicted molar refractivity (Wildman–Crippen MR) is 150 cm³/mol. The molecule has 0 saturated heterocycles. The molecule has 0 spiro atoms. The van der Waals surface area contributed by atoms with Crippen LogP contribution in [0, 0.1) is 13.8 Å². The molecule has 1 aliphatic rings. The zero-order valence-electron chi connectivity index (χ0n) is 22.7. The quantitative estimate of drug-likeness (QED) is 0.243. The van der Waals surface area contributed by atoms with Crippen molar-refractivity contribution in [2.45, 2.75) is 56.5 Å². The predicted octanol–water partition coefficient (Wildman–Crippen LogP) is 6.57. The van der Waals surface area contributed by atoms with E-state index in [0.717, 1.165) is 52.2 Å². The van der Waals surface area contributed by atoms with E-state index in [2.05, 4.69) is 59.1 Å². The van der Waals surface area contributed by atoms with Crippen LogP contribution < -0.4 is 4.74 Å². The maximum Gasteiger partial charge on any atom is 0.254 e. The fraction of sp³-hybridized carbons (Fsp3) is 0.387. The van der Waals surface area contributed by atoms with Gasteiger partial charge in [0.15, 0.2) is 0 Å². The lowest BCUT2D eigenvalue weighted by Crippen LogP contribution is -2.40. The van der Waals surface area contributed by atoms with E-state index in [0.29, 0.717) is 30.2 Å². The largest absolute Gasteiger partial charge is 0.507 e. The van der Waals surface area contributed by atoms with Gasteiger partial charge >= 0.3 is 0 Å². The third-order valence-electron chi connectivity index (χ3n) is 7.38. The van der Waals surface area contributed by atoms with Crippen molar-refractivity contribution < 1.29 is 19.1 Å². The van der Waals surface area contributed by atoms with Gasteiger partial charge in [-0.3, -0.25) is 4.79 Å². The summed E-state index contributed by atoms with van der Waals surface area (Å²) in [4.78, 5) is 16.9. The van der Waals surface area contributed by atoms with Gasteiger partial charge < -0.3 is 19.2 Å². The Labute approximate surface area is 225 Å². The maximum absolute atomic E-state index is 13.4. The van der Waals surface area contributed by atoms with Gasteiger partial charge in [0.1, 0.15) is 11.5 Å². The number of phenolic OH excluding ortho intramolecular Hbond substituents is 1. The van der Waals surface area contributed by atoms with Crippen molar-refractivity contribution in [3.8, 4) is 11.5 Å². The van der Waals surface area contributed by atoms with Crippen molar-refractivity contribution >= 4 is 17.7 Å². The number of benzene rings is 3. The zero-order valence-corrected chi connectivity index (χ0v) is 23.5. The van der Waals surface area contributed by atoms with Crippen molar-refractivity contribution in [1.82, 2.24) is 4.90 Å². The summed E-state index contributed by atoms with van der Waals surface area (Å²) in [5.74, 6) is 1.02. The number of phenols is 1. The van der Waals surface area contributed by atoms with E-state index in [-0.39, 0.29) is 11.7 Å². The molecule has 5 nitrogen and oxygen atoms in total. The van der Waals surface area contributed by atoms with Crippen molar-refractivity contribution in [2.75, 3.05) is 33.8 Å². The number of unbranched alkanes of at least 4 members (excludes halogenated alkanes) is 1. The van der Waals surface area contributed by atoms with Crippen LogP contribution in [-0.4, -0.2) is 54.2 Å². The highest BCUT2D eigenvalue weighted by atomic mass is 32.2. The Hall–Kier alpha value is -2.96. The van der Waals surface area contributed by atoms with E-state index in [4.69, 9.17) is 4.74 Å². The number of carbonyl (C=O) groups is 1. The van der Waals surface area contributed by atoms with Crippen LogP contribution in [0.25, 0.3) is 0 Å². The fourth-order valence-electron chi connectivity index (χ4n) is 4.41. The fourth-order valence-corrected chi connectivity index (χ4v) is 5.39. The Morgan fingerprint density at radius 3 is 2.51 bits per heavy atom. The molecular formula is C31H39N2O3S+. The second kappa shape index (κ2) is 11.6. The van der Waals surface area contributed by atoms with E-state index in [1.807, 2.05) is 17.0 Å². The summed E-state index contributed by atoms with van der Waals surface area (Å²) in [5.41, 5.74) is 5.32. The van der Waals surface area contributed by atoms with Crippen molar-refractivity contribution in [3.63, 3.8) is 0 Å². The van der Waals surface area contributed by atoms with E-state index >= 15 is 0 Å². The molecule has 4 rings (SSSR count). The number of quaternary nitrogens is 1. The van der Waals surface area contributed by atoms with Crippen molar-refractivity contribution in [2.24, 2.45) is 0 Å². The number of rotatable bonds is 10. The standard InChI is InChI=1S/C31H38N2O3S/c1-6-33(4,5)15-7-8-16-36-27-12-10-25-20-32(21-26(25)18-27)31(35)24-11-14-29(34)30(19-24)37-28-13-9-22(2)23(3)17-28/h9-14,17-19H,6-8,15-16,20-21H2,1-5H3/p+1. The van der Waals surface area contributed by atoms with Gasteiger partial charge in [0.05, 0.1) is 38.7 Å². The summed E-state index contributed by atoms with van der Waals surface area (Å²) in [6.45, 7) is 10.5. The molecule has 6 heteroatoms. The summed E-state index contributed by atoms with van der Waals surface area (Å²) in [6.07, 6.45) is 2.18. The number of carbonyl (C=O) groups excluding carboxylic acids is 1. The average molecular weight is 520 g/mol. The third-order valence-corrected chi connectivity index (χ3v) is 8.42. The molecule has 196 valence electrons. The monoisotopic (exact) mass is 519 g/mol. The molecule has 1 aliphatic heterocycles. The smallest absolute Gasteiger partial charge is 0.254 e. The van der Waals surface area contributed by atoms with Gasteiger partial charge in [-0.15, -0.1) is 0 Å². The average Bonchev–Trinajstić information content (AvgIpc) is 3.30. The number of fused-ring (bicyclic) bond motifs is 1. The summed E-state index contributed by atoms with van der Waals surface area (Å²) in [5, 5.41) is 10.4. The molecule has 37 heavy (non-hydrogen) atoms. The molecule has 0 bridgehead atoms. The normalized spacial score (nSPS) is 13.1. The van der Waals surface area contributed by atoms with Crippen LogP contribution in [0.3, 0.4) is 0 Å². The van der Waals surface area contributed by atoms with Crippen LogP contribution in [0.5, 0.6) is 11.5 Å². The first-order valence-corrected chi connectivity index (χ1v) is 13.9. The zero-order chi connectivity index (χ0) is 26.6. The van der Waals surface area contributed by atoms with Gasteiger partial charge in [0, 0.05) is 23.5 Å². The minimum absolute atomic E-state index is 0.0303. The Morgan fingerprint density at radius 1 is 0.973 bits per heavy atom. The number of aromatic hydroxyl groups is 1. The first-order valence-electron chi connectivity index (χ1n) is 13.1. The number of hydrogen-bond donors (Lipinski definition) is 1. The molecule has 0 aliphatic carbocycles. The highest BCUT2D eigenvalue weighted by molar-refractivity contribution is 7.99. The van der Waals surface area contributed by atoms with Crippen molar-refractivity contribution in [1.29, 1.82) is 0 Å². The van der Waals surface area contributed by atoms with Crippen LogP contribution in [0.15, 0.2) is 64.4 Å². The van der Waals surface area contributed by atoms with Gasteiger partial charge in [0.2, 0.25) is 0 Å². The number of hydrogen-bond acceptors (Lipinski definition) is 4. The van der Waals surface area contributed by atoms with Crippen molar-refractivity contribution in [3.05, 3.63) is 82.4 Å². The van der Waals surface area contributed by atoms with Crippen LogP contribution in [-0.2, 0) is 13.1 Å². The van der Waals surface area contributed by atoms with E-state index in [1.165, 1.54) is 22.9 Å². The third kappa shape index (κ3) is 6.88. The van der Waals surface area contributed by atoms with Crippen LogP contribution in [0.1, 0.15) is 52.4 Å². The topological polar surface area (TPSA) is 49.8 Å². The Kier molecular flexibility index (Phi) is 8.50. The van der Waals surface area contributed by atoms with Gasteiger partial charge in [-0.05, 0) is 98.3 Å². The highest BCUT2D eigenvalue weighted by Gasteiger charge is 2.25. The first-order chi connectivity index (χ1) is 17.6. The molecule has 0 radical (unpaired) electrons. The van der Waals surface area contributed by atoms with E-state index in [9.17, 15) is 9.90 Å². The number of amides is 1. The molecule has 1 amide bonds. The number of aryl methyl sites for hydroxylation is 2. The molecule has 0 fully saturated rings. The lowest BCUT2D eigenvalue weighted by atomic mass is 10.1. The molecule has 0 saturated carbocycles. The van der Waals surface area contributed by atoms with Crippen LogP contribution >= 0.6 is 11.8 Å². The first kappa shape index (κ1) is 27.1. The molecule has 3 aromatic carbocycles. The van der Waals surface area contributed by atoms with Gasteiger partial charge in [-0.2, -0.15) is 0 Å². The van der Waals surface area contributed by atoms with E-state index < -0.39 is 0 Å². The number of nitrogens with zero attached hydrogens (tertiary/aromatic N) is 2. The molecular weight excluding hydrogens is 480 g/mol. The minimum Gasteiger partial charge on any atom is -0.507 e. The summed E-state index contributed by atoms with van der Waals surface area (Å²) in [6, 6.07) is 17.5. The SMILES string of the molecule is CC[N+](C)(C)CCCCOc1ccc2c(c1)CN(C(=O)c1ccc(O)c(Sc3ccc(C)c(C)c3)c1)C2. The second-order valence-electron chi connectivity index (χ2n) is 10.7. The molecule has 0 unspecified atom stereocenters. The summed E-state index contributed by atoms with van der Waals surface area (Å²) in [7, 11) is 4.52. The lowest BCUT2D eigenvalue weighted by Gasteiger charge is -2.28. The Morgan fingerprint density at radius 2 is 1.76 bits per heavy atom. The summed E-state index contributed by atoms with van der Waals surface area (Å²) < 4.78 is 7.06.